The number of hydrogen-bond acceptors (Lipinski definition) is 4. The van der Waals surface area contributed by atoms with E-state index in [1.54, 1.807) is 0 Å². The van der Waals surface area contributed by atoms with Gasteiger partial charge in [0, 0.05) is 29.3 Å². The van der Waals surface area contributed by atoms with Crippen molar-refractivity contribution in [3.05, 3.63) is 23.5 Å². The second-order valence-corrected chi connectivity index (χ2v) is 6.19. The van der Waals surface area contributed by atoms with E-state index >= 15 is 0 Å². The molecule has 1 aromatic rings. The molecule has 1 aliphatic rings. The fourth-order valence-corrected chi connectivity index (χ4v) is 3.35. The summed E-state index contributed by atoms with van der Waals surface area (Å²) in [6, 6.07) is 2.59. The molecule has 0 spiro atoms. The van der Waals surface area contributed by atoms with Gasteiger partial charge in [0.25, 0.3) is 0 Å². The van der Waals surface area contributed by atoms with Gasteiger partial charge >= 0.3 is 5.97 Å². The van der Waals surface area contributed by atoms with Crippen molar-refractivity contribution in [1.29, 1.82) is 0 Å². The molecule has 1 aromatic carbocycles. The molecule has 1 saturated heterocycles. The van der Waals surface area contributed by atoms with Crippen molar-refractivity contribution >= 4 is 29.1 Å². The van der Waals surface area contributed by atoms with Crippen molar-refractivity contribution < 1.29 is 14.3 Å². The smallest absolute Gasteiger partial charge is 0.337 e. The Balaban J connectivity index is 2.44. The van der Waals surface area contributed by atoms with E-state index in [0.717, 1.165) is 11.8 Å². The van der Waals surface area contributed by atoms with Crippen LogP contribution in [0.15, 0.2) is 12.1 Å². The number of benzene rings is 1. The van der Waals surface area contributed by atoms with Gasteiger partial charge in [-0.3, -0.25) is 0 Å². The van der Waals surface area contributed by atoms with E-state index < -0.39 is 11.8 Å². The topological polar surface area (TPSA) is 66.6 Å². The molecule has 0 bridgehead atoms. The van der Waals surface area contributed by atoms with Crippen molar-refractivity contribution in [2.45, 2.75) is 25.1 Å². The average molecular weight is 284 g/mol. The first kappa shape index (κ1) is 14.0. The number of anilines is 2. The number of nitrogens with zero attached hydrogens (tertiary/aromatic N) is 1. The molecule has 1 fully saturated rings. The van der Waals surface area contributed by atoms with Crippen molar-refractivity contribution in [3.8, 4) is 0 Å². The van der Waals surface area contributed by atoms with Crippen LogP contribution in [-0.4, -0.2) is 34.7 Å². The maximum absolute atomic E-state index is 14.1. The van der Waals surface area contributed by atoms with Crippen LogP contribution in [0.2, 0.25) is 0 Å². The Bertz CT molecular complexity index is 510. The molecule has 0 amide bonds. The Hall–Kier alpha value is -1.43. The minimum atomic E-state index is -1.13. The highest BCUT2D eigenvalue weighted by molar-refractivity contribution is 8.00. The van der Waals surface area contributed by atoms with Crippen LogP contribution < -0.4 is 10.6 Å². The second-order valence-electron chi connectivity index (χ2n) is 4.71. The third-order valence-electron chi connectivity index (χ3n) is 3.54. The molecule has 2 atom stereocenters. The quantitative estimate of drug-likeness (QED) is 0.817. The lowest BCUT2D eigenvalue weighted by Gasteiger charge is -2.39. The van der Waals surface area contributed by atoms with E-state index in [0.29, 0.717) is 17.5 Å². The van der Waals surface area contributed by atoms with Crippen LogP contribution in [0.5, 0.6) is 0 Å². The zero-order valence-corrected chi connectivity index (χ0v) is 11.7. The highest BCUT2D eigenvalue weighted by atomic mass is 32.2. The Morgan fingerprint density at radius 1 is 1.53 bits per heavy atom. The van der Waals surface area contributed by atoms with E-state index in [9.17, 15) is 9.18 Å². The standard InChI is InChI=1S/C13H17FN2O2S/c1-7-8(2)19-4-3-16(7)12-5-9(13(17)18)11(15)6-10(12)14/h5-8H,3-4,15H2,1-2H3,(H,17,18). The van der Waals surface area contributed by atoms with E-state index in [1.165, 1.54) is 6.07 Å². The maximum atomic E-state index is 14.1. The van der Waals surface area contributed by atoms with Crippen LogP contribution in [0, 0.1) is 5.82 Å². The lowest BCUT2D eigenvalue weighted by Crippen LogP contribution is -2.45. The summed E-state index contributed by atoms with van der Waals surface area (Å²) in [6.07, 6.45) is 0. The van der Waals surface area contributed by atoms with Crippen LogP contribution in [-0.2, 0) is 0 Å². The Morgan fingerprint density at radius 3 is 2.84 bits per heavy atom. The highest BCUT2D eigenvalue weighted by Gasteiger charge is 2.28. The fraction of sp³-hybridized carbons (Fsp3) is 0.462. The van der Waals surface area contributed by atoms with E-state index in [-0.39, 0.29) is 17.3 Å². The first-order chi connectivity index (χ1) is 8.91. The highest BCUT2D eigenvalue weighted by Crippen LogP contribution is 2.32. The van der Waals surface area contributed by atoms with Crippen LogP contribution >= 0.6 is 11.8 Å². The molecule has 19 heavy (non-hydrogen) atoms. The molecule has 6 heteroatoms. The Labute approximate surface area is 115 Å². The van der Waals surface area contributed by atoms with Gasteiger partial charge in [-0.2, -0.15) is 11.8 Å². The number of thioether (sulfide) groups is 1. The van der Waals surface area contributed by atoms with Crippen molar-refractivity contribution in [2.75, 3.05) is 22.9 Å². The molecule has 3 N–H and O–H groups in total. The predicted octanol–water partition coefficient (Wildman–Crippen LogP) is 2.44. The first-order valence-corrected chi connectivity index (χ1v) is 7.17. The lowest BCUT2D eigenvalue weighted by atomic mass is 10.1. The molecule has 0 saturated carbocycles. The summed E-state index contributed by atoms with van der Waals surface area (Å²) < 4.78 is 14.1. The lowest BCUT2D eigenvalue weighted by molar-refractivity contribution is 0.0698. The number of hydrogen-bond donors (Lipinski definition) is 2. The van der Waals surface area contributed by atoms with Crippen LogP contribution in [0.4, 0.5) is 15.8 Å². The number of aromatic carboxylic acids is 1. The summed E-state index contributed by atoms with van der Waals surface area (Å²) >= 11 is 1.84. The monoisotopic (exact) mass is 284 g/mol. The van der Waals surface area contributed by atoms with E-state index in [2.05, 4.69) is 6.92 Å². The van der Waals surface area contributed by atoms with Gasteiger partial charge < -0.3 is 15.7 Å². The largest absolute Gasteiger partial charge is 0.478 e. The third kappa shape index (κ3) is 2.63. The maximum Gasteiger partial charge on any atom is 0.337 e. The predicted molar refractivity (Wildman–Crippen MR) is 76.5 cm³/mol. The average Bonchev–Trinajstić information content (AvgIpc) is 2.33. The molecule has 0 aliphatic carbocycles. The Kier molecular flexibility index (Phi) is 3.89. The minimum absolute atomic E-state index is 0.0409. The van der Waals surface area contributed by atoms with Crippen LogP contribution in [0.3, 0.4) is 0 Å². The van der Waals surface area contributed by atoms with Gasteiger partial charge in [-0.1, -0.05) is 6.92 Å². The molecule has 1 heterocycles. The van der Waals surface area contributed by atoms with Gasteiger partial charge in [0.05, 0.1) is 11.3 Å². The number of carbonyl (C=O) groups is 1. The number of rotatable bonds is 2. The molecular formula is C13H17FN2O2S. The molecule has 104 valence electrons. The zero-order chi connectivity index (χ0) is 14.2. The van der Waals surface area contributed by atoms with Gasteiger partial charge in [0.2, 0.25) is 0 Å². The first-order valence-electron chi connectivity index (χ1n) is 6.12. The number of nitrogens with two attached hydrogens (primary N) is 1. The van der Waals surface area contributed by atoms with Gasteiger partial charge in [0.15, 0.2) is 0 Å². The summed E-state index contributed by atoms with van der Waals surface area (Å²) in [5.74, 6) is -0.697. The number of halogens is 1. The molecule has 1 aliphatic heterocycles. The Morgan fingerprint density at radius 2 is 2.21 bits per heavy atom. The van der Waals surface area contributed by atoms with E-state index in [4.69, 9.17) is 10.8 Å². The van der Waals surface area contributed by atoms with Crippen molar-refractivity contribution in [1.82, 2.24) is 0 Å². The van der Waals surface area contributed by atoms with Gasteiger partial charge in [-0.15, -0.1) is 0 Å². The van der Waals surface area contributed by atoms with Crippen molar-refractivity contribution in [2.24, 2.45) is 0 Å². The molecule has 0 aromatic heterocycles. The molecule has 0 radical (unpaired) electrons. The number of nitrogen functional groups attached to an aromatic ring is 1. The second kappa shape index (κ2) is 5.28. The fourth-order valence-electron chi connectivity index (χ4n) is 2.26. The van der Waals surface area contributed by atoms with Crippen molar-refractivity contribution in [3.63, 3.8) is 0 Å². The summed E-state index contributed by atoms with van der Waals surface area (Å²) in [6.45, 7) is 4.82. The molecule has 4 nitrogen and oxygen atoms in total. The summed E-state index contributed by atoms with van der Waals surface area (Å²) in [5.41, 5.74) is 5.78. The van der Waals surface area contributed by atoms with Crippen LogP contribution in [0.25, 0.3) is 0 Å². The van der Waals surface area contributed by atoms with E-state index in [1.807, 2.05) is 23.6 Å². The summed E-state index contributed by atoms with van der Waals surface area (Å²) in [4.78, 5) is 13.0. The SMILES string of the molecule is CC1SCCN(c2cc(C(=O)O)c(N)cc2F)C1C. The molecule has 2 rings (SSSR count). The minimum Gasteiger partial charge on any atom is -0.478 e. The normalized spacial score (nSPS) is 23.4. The molecular weight excluding hydrogens is 267 g/mol. The zero-order valence-electron chi connectivity index (χ0n) is 10.9. The van der Waals surface area contributed by atoms with Crippen LogP contribution in [0.1, 0.15) is 24.2 Å². The summed E-state index contributed by atoms with van der Waals surface area (Å²) in [7, 11) is 0. The van der Waals surface area contributed by atoms with Gasteiger partial charge in [-0.05, 0) is 19.1 Å². The third-order valence-corrected chi connectivity index (χ3v) is 4.88. The number of carboxylic acid groups (broad SMARTS) is 1. The molecule has 2 unspecified atom stereocenters. The van der Waals surface area contributed by atoms with Gasteiger partial charge in [-0.25, -0.2) is 9.18 Å². The summed E-state index contributed by atoms with van der Waals surface area (Å²) in [5, 5.41) is 9.45. The van der Waals surface area contributed by atoms with Gasteiger partial charge in [0.1, 0.15) is 5.82 Å². The number of carboxylic acids is 1.